The lowest BCUT2D eigenvalue weighted by atomic mass is 9.82. The molecule has 21 heavy (non-hydrogen) atoms. The maximum Gasteiger partial charge on any atom is 0.410 e. The van der Waals surface area contributed by atoms with Crippen LogP contribution in [0, 0.1) is 11.3 Å². The molecule has 1 atom stereocenters. The van der Waals surface area contributed by atoms with Crippen molar-refractivity contribution in [2.24, 2.45) is 11.3 Å². The minimum atomic E-state index is -0.408. The van der Waals surface area contributed by atoms with Crippen molar-refractivity contribution in [1.29, 1.82) is 0 Å². The monoisotopic (exact) mass is 298 g/mol. The molecule has 1 saturated heterocycles. The van der Waals surface area contributed by atoms with Gasteiger partial charge in [0.1, 0.15) is 5.60 Å². The summed E-state index contributed by atoms with van der Waals surface area (Å²) in [4.78, 5) is 13.8. The quantitative estimate of drug-likeness (QED) is 0.864. The summed E-state index contributed by atoms with van der Waals surface area (Å²) in [5.41, 5.74) is -0.0709. The van der Waals surface area contributed by atoms with Crippen molar-refractivity contribution in [2.75, 3.05) is 19.6 Å². The van der Waals surface area contributed by atoms with Crippen molar-refractivity contribution in [3.63, 3.8) is 0 Å². The Bertz CT molecular complexity index is 334. The Kier molecular flexibility index (Phi) is 6.09. The first-order valence-corrected chi connectivity index (χ1v) is 8.20. The average Bonchev–Trinajstić information content (AvgIpc) is 2.33. The first kappa shape index (κ1) is 18.3. The number of rotatable bonds is 3. The Morgan fingerprint density at radius 3 is 2.14 bits per heavy atom. The van der Waals surface area contributed by atoms with Gasteiger partial charge in [0.2, 0.25) is 0 Å². The SMILES string of the molecule is CC(CNC1CCN(C(=O)OC(C)(C)C)CC1)C(C)(C)C. The van der Waals surface area contributed by atoms with Crippen LogP contribution in [0.25, 0.3) is 0 Å². The molecule has 1 aliphatic heterocycles. The van der Waals surface area contributed by atoms with Crippen molar-refractivity contribution in [2.45, 2.75) is 73.0 Å². The van der Waals surface area contributed by atoms with Crippen LogP contribution in [-0.4, -0.2) is 42.3 Å². The molecule has 0 aliphatic carbocycles. The second-order valence-electron chi connectivity index (χ2n) is 8.42. The highest BCUT2D eigenvalue weighted by Crippen LogP contribution is 2.25. The minimum Gasteiger partial charge on any atom is -0.444 e. The molecule has 0 spiro atoms. The normalized spacial score (nSPS) is 19.5. The molecule has 1 heterocycles. The summed E-state index contributed by atoms with van der Waals surface area (Å²) in [6, 6.07) is 0.522. The van der Waals surface area contributed by atoms with Crippen LogP contribution in [0.4, 0.5) is 4.79 Å². The van der Waals surface area contributed by atoms with Gasteiger partial charge in [-0.3, -0.25) is 0 Å². The molecule has 4 nitrogen and oxygen atoms in total. The van der Waals surface area contributed by atoms with Crippen LogP contribution in [0.5, 0.6) is 0 Å². The summed E-state index contributed by atoms with van der Waals surface area (Å²) in [5.74, 6) is 0.640. The average molecular weight is 298 g/mol. The molecule has 0 aromatic heterocycles. The number of piperidine rings is 1. The summed E-state index contributed by atoms with van der Waals surface area (Å²) in [5, 5.41) is 3.66. The van der Waals surface area contributed by atoms with E-state index in [9.17, 15) is 4.79 Å². The summed E-state index contributed by atoms with van der Waals surface area (Å²) in [7, 11) is 0. The highest BCUT2D eigenvalue weighted by molar-refractivity contribution is 5.68. The maximum atomic E-state index is 12.0. The van der Waals surface area contributed by atoms with E-state index in [1.54, 1.807) is 0 Å². The van der Waals surface area contributed by atoms with Gasteiger partial charge in [0.15, 0.2) is 0 Å². The number of nitrogens with one attached hydrogen (secondary N) is 1. The molecular weight excluding hydrogens is 264 g/mol. The van der Waals surface area contributed by atoms with Crippen LogP contribution in [0.2, 0.25) is 0 Å². The molecule has 1 N–H and O–H groups in total. The van der Waals surface area contributed by atoms with E-state index in [1.165, 1.54) is 0 Å². The van der Waals surface area contributed by atoms with Crippen molar-refractivity contribution in [3.8, 4) is 0 Å². The standard InChI is InChI=1S/C17H34N2O2/c1-13(16(2,3)4)12-18-14-8-10-19(11-9-14)15(20)21-17(5,6)7/h13-14,18H,8-12H2,1-7H3. The fourth-order valence-corrected chi connectivity index (χ4v) is 2.24. The van der Waals surface area contributed by atoms with Crippen LogP contribution in [0.1, 0.15) is 61.3 Å². The summed E-state index contributed by atoms with van der Waals surface area (Å²) in [6.45, 7) is 17.5. The predicted octanol–water partition coefficient (Wildman–Crippen LogP) is 3.66. The van der Waals surface area contributed by atoms with E-state index in [-0.39, 0.29) is 6.09 Å². The van der Waals surface area contributed by atoms with E-state index >= 15 is 0 Å². The molecular formula is C17H34N2O2. The van der Waals surface area contributed by atoms with Crippen molar-refractivity contribution >= 4 is 6.09 Å². The molecule has 4 heteroatoms. The number of carbonyl (C=O) groups excluding carboxylic acids is 1. The Morgan fingerprint density at radius 2 is 1.71 bits per heavy atom. The summed E-state index contributed by atoms with van der Waals surface area (Å²) < 4.78 is 5.42. The maximum absolute atomic E-state index is 12.0. The van der Waals surface area contributed by atoms with E-state index in [1.807, 2.05) is 25.7 Å². The number of hydrogen-bond donors (Lipinski definition) is 1. The zero-order valence-electron chi connectivity index (χ0n) is 15.0. The van der Waals surface area contributed by atoms with E-state index < -0.39 is 5.60 Å². The van der Waals surface area contributed by atoms with Crippen molar-refractivity contribution < 1.29 is 9.53 Å². The third kappa shape index (κ3) is 6.68. The highest BCUT2D eigenvalue weighted by atomic mass is 16.6. The van der Waals surface area contributed by atoms with Gasteiger partial charge in [0.25, 0.3) is 0 Å². The van der Waals surface area contributed by atoms with E-state index in [0.717, 1.165) is 32.5 Å². The molecule has 0 bridgehead atoms. The fraction of sp³-hybridized carbons (Fsp3) is 0.941. The molecule has 0 aromatic carbocycles. The summed E-state index contributed by atoms with van der Waals surface area (Å²) >= 11 is 0. The van der Waals surface area contributed by atoms with Gasteiger partial charge in [-0.15, -0.1) is 0 Å². The first-order chi connectivity index (χ1) is 9.49. The zero-order valence-corrected chi connectivity index (χ0v) is 15.0. The molecule has 1 rings (SSSR count). The van der Waals surface area contributed by atoms with Gasteiger partial charge in [-0.25, -0.2) is 4.79 Å². The van der Waals surface area contributed by atoms with Crippen LogP contribution >= 0.6 is 0 Å². The van der Waals surface area contributed by atoms with Gasteiger partial charge in [-0.1, -0.05) is 27.7 Å². The minimum absolute atomic E-state index is 0.177. The molecule has 1 unspecified atom stereocenters. The summed E-state index contributed by atoms with van der Waals surface area (Å²) in [6.07, 6.45) is 1.84. The Balaban J connectivity index is 2.31. The van der Waals surface area contributed by atoms with E-state index in [0.29, 0.717) is 17.4 Å². The van der Waals surface area contributed by atoms with Gasteiger partial charge < -0.3 is 15.0 Å². The molecule has 1 fully saturated rings. The van der Waals surface area contributed by atoms with E-state index in [2.05, 4.69) is 33.0 Å². The lowest BCUT2D eigenvalue weighted by Gasteiger charge is -2.35. The number of likely N-dealkylation sites (tertiary alicyclic amines) is 1. The van der Waals surface area contributed by atoms with Gasteiger partial charge in [-0.2, -0.15) is 0 Å². The number of carbonyl (C=O) groups is 1. The number of ether oxygens (including phenoxy) is 1. The van der Waals surface area contributed by atoms with Gasteiger partial charge in [0.05, 0.1) is 0 Å². The topological polar surface area (TPSA) is 41.6 Å². The second-order valence-corrected chi connectivity index (χ2v) is 8.42. The third-order valence-corrected chi connectivity index (χ3v) is 4.34. The number of nitrogens with zero attached hydrogens (tertiary/aromatic N) is 1. The zero-order chi connectivity index (χ0) is 16.3. The molecule has 124 valence electrons. The van der Waals surface area contributed by atoms with Gasteiger partial charge >= 0.3 is 6.09 Å². The number of hydrogen-bond acceptors (Lipinski definition) is 3. The molecule has 1 aliphatic rings. The van der Waals surface area contributed by atoms with Crippen LogP contribution < -0.4 is 5.32 Å². The lowest BCUT2D eigenvalue weighted by Crippen LogP contribution is -2.47. The Hall–Kier alpha value is -0.770. The first-order valence-electron chi connectivity index (χ1n) is 8.20. The molecule has 0 saturated carbocycles. The number of amides is 1. The Morgan fingerprint density at radius 1 is 1.19 bits per heavy atom. The van der Waals surface area contributed by atoms with Crippen LogP contribution in [0.15, 0.2) is 0 Å². The second kappa shape index (κ2) is 6.99. The lowest BCUT2D eigenvalue weighted by molar-refractivity contribution is 0.0196. The highest BCUT2D eigenvalue weighted by Gasteiger charge is 2.27. The van der Waals surface area contributed by atoms with Crippen LogP contribution in [0.3, 0.4) is 0 Å². The fourth-order valence-electron chi connectivity index (χ4n) is 2.24. The van der Waals surface area contributed by atoms with Crippen molar-refractivity contribution in [3.05, 3.63) is 0 Å². The molecule has 0 aromatic rings. The van der Waals surface area contributed by atoms with Gasteiger partial charge in [0, 0.05) is 19.1 Å². The molecule has 1 amide bonds. The van der Waals surface area contributed by atoms with Crippen molar-refractivity contribution in [1.82, 2.24) is 10.2 Å². The van der Waals surface area contributed by atoms with E-state index in [4.69, 9.17) is 4.74 Å². The smallest absolute Gasteiger partial charge is 0.410 e. The predicted molar refractivity (Wildman–Crippen MR) is 87.5 cm³/mol. The largest absolute Gasteiger partial charge is 0.444 e. The third-order valence-electron chi connectivity index (χ3n) is 4.34. The van der Waals surface area contributed by atoms with Gasteiger partial charge in [-0.05, 0) is 51.5 Å². The van der Waals surface area contributed by atoms with Crippen LogP contribution in [-0.2, 0) is 4.74 Å². The molecule has 0 radical (unpaired) electrons. The Labute approximate surface area is 130 Å².